The molecule has 2 heterocycles. The first-order valence-corrected chi connectivity index (χ1v) is 6.67. The number of hydrogen-bond acceptors (Lipinski definition) is 3. The van der Waals surface area contributed by atoms with Crippen molar-refractivity contribution >= 4 is 11.5 Å². The highest BCUT2D eigenvalue weighted by atomic mass is 15.4. The fourth-order valence-electron chi connectivity index (χ4n) is 2.88. The molecule has 0 radical (unpaired) electrons. The lowest BCUT2D eigenvalue weighted by Crippen LogP contribution is -2.35. The van der Waals surface area contributed by atoms with Gasteiger partial charge in [0.2, 0.25) is 0 Å². The third-order valence-corrected chi connectivity index (χ3v) is 3.85. The van der Waals surface area contributed by atoms with E-state index < -0.39 is 0 Å². The van der Waals surface area contributed by atoms with Crippen molar-refractivity contribution in [1.29, 1.82) is 0 Å². The summed E-state index contributed by atoms with van der Waals surface area (Å²) >= 11 is 0. The van der Waals surface area contributed by atoms with E-state index in [1.807, 2.05) is 18.7 Å². The predicted octanol–water partition coefficient (Wildman–Crippen LogP) is 2.33. The highest BCUT2D eigenvalue weighted by Gasteiger charge is 2.23. The van der Waals surface area contributed by atoms with Gasteiger partial charge in [-0.15, -0.1) is 0 Å². The third kappa shape index (κ3) is 2.40. The molecule has 1 saturated heterocycles. The van der Waals surface area contributed by atoms with Crippen LogP contribution in [0.1, 0.15) is 38.3 Å². The van der Waals surface area contributed by atoms with Crippen molar-refractivity contribution in [2.75, 3.05) is 23.7 Å². The average Bonchev–Trinajstić information content (AvgIpc) is 2.55. The van der Waals surface area contributed by atoms with Crippen molar-refractivity contribution in [3.63, 3.8) is 0 Å². The quantitative estimate of drug-likeness (QED) is 0.876. The lowest BCUT2D eigenvalue weighted by Gasteiger charge is -2.33. The van der Waals surface area contributed by atoms with E-state index in [-0.39, 0.29) is 0 Å². The fourth-order valence-corrected chi connectivity index (χ4v) is 2.88. The standard InChI is InChI=1S/C13H24N4/c1-4-5-11-6-8-17(9-7-11)13-12(14)10(2)15-16(13)3/h11H,4-9,14H2,1-3H3. The van der Waals surface area contributed by atoms with E-state index in [9.17, 15) is 0 Å². The summed E-state index contributed by atoms with van der Waals surface area (Å²) in [6, 6.07) is 0. The first-order valence-electron chi connectivity index (χ1n) is 6.67. The molecular formula is C13H24N4. The molecule has 2 rings (SSSR count). The largest absolute Gasteiger partial charge is 0.394 e. The van der Waals surface area contributed by atoms with Gasteiger partial charge in [-0.05, 0) is 25.7 Å². The Kier molecular flexibility index (Phi) is 3.60. The lowest BCUT2D eigenvalue weighted by molar-refractivity contribution is 0.375. The summed E-state index contributed by atoms with van der Waals surface area (Å²) in [6.45, 7) is 6.49. The number of aryl methyl sites for hydroxylation is 2. The molecular weight excluding hydrogens is 212 g/mol. The van der Waals surface area contributed by atoms with E-state index >= 15 is 0 Å². The summed E-state index contributed by atoms with van der Waals surface area (Å²) in [5, 5.41) is 4.39. The highest BCUT2D eigenvalue weighted by molar-refractivity contribution is 5.66. The Hall–Kier alpha value is -1.19. The SMILES string of the molecule is CCCC1CCN(c2c(N)c(C)nn2C)CC1. The van der Waals surface area contributed by atoms with Gasteiger partial charge in [0.15, 0.2) is 0 Å². The second-order valence-electron chi connectivity index (χ2n) is 5.17. The Morgan fingerprint density at radius 3 is 2.47 bits per heavy atom. The zero-order valence-corrected chi connectivity index (χ0v) is 11.2. The van der Waals surface area contributed by atoms with Crippen molar-refractivity contribution in [2.45, 2.75) is 39.5 Å². The van der Waals surface area contributed by atoms with Gasteiger partial charge in [-0.1, -0.05) is 19.8 Å². The predicted molar refractivity (Wildman–Crippen MR) is 72.2 cm³/mol. The first-order chi connectivity index (χ1) is 8.13. The second kappa shape index (κ2) is 4.98. The van der Waals surface area contributed by atoms with Crippen molar-refractivity contribution in [1.82, 2.24) is 9.78 Å². The summed E-state index contributed by atoms with van der Waals surface area (Å²) < 4.78 is 1.92. The van der Waals surface area contributed by atoms with Gasteiger partial charge in [-0.2, -0.15) is 5.10 Å². The number of nitrogen functional groups attached to an aromatic ring is 1. The molecule has 17 heavy (non-hydrogen) atoms. The molecule has 96 valence electrons. The maximum Gasteiger partial charge on any atom is 0.150 e. The molecule has 0 spiro atoms. The minimum atomic E-state index is 0.849. The Morgan fingerprint density at radius 2 is 2.00 bits per heavy atom. The molecule has 1 aromatic heterocycles. The van der Waals surface area contributed by atoms with Crippen LogP contribution in [0.15, 0.2) is 0 Å². The highest BCUT2D eigenvalue weighted by Crippen LogP contribution is 2.30. The van der Waals surface area contributed by atoms with E-state index in [1.54, 1.807) is 0 Å². The van der Waals surface area contributed by atoms with E-state index in [4.69, 9.17) is 5.73 Å². The number of aromatic nitrogens is 2. The Labute approximate surface area is 104 Å². The molecule has 0 aromatic carbocycles. The van der Waals surface area contributed by atoms with E-state index in [0.717, 1.165) is 36.2 Å². The summed E-state index contributed by atoms with van der Waals surface area (Å²) in [7, 11) is 1.98. The zero-order valence-electron chi connectivity index (χ0n) is 11.2. The minimum Gasteiger partial charge on any atom is -0.394 e. The van der Waals surface area contributed by atoms with Crippen LogP contribution < -0.4 is 10.6 Å². The van der Waals surface area contributed by atoms with E-state index in [1.165, 1.54) is 25.7 Å². The molecule has 1 aliphatic rings. The monoisotopic (exact) mass is 236 g/mol. The van der Waals surface area contributed by atoms with Crippen LogP contribution in [0.3, 0.4) is 0 Å². The van der Waals surface area contributed by atoms with Crippen LogP contribution in [0.4, 0.5) is 11.5 Å². The van der Waals surface area contributed by atoms with Crippen molar-refractivity contribution in [2.24, 2.45) is 13.0 Å². The molecule has 0 atom stereocenters. The van der Waals surface area contributed by atoms with Crippen molar-refractivity contribution in [3.05, 3.63) is 5.69 Å². The number of nitrogens with zero attached hydrogens (tertiary/aromatic N) is 3. The average molecular weight is 236 g/mol. The summed E-state index contributed by atoms with van der Waals surface area (Å²) in [4.78, 5) is 2.39. The molecule has 1 aliphatic heterocycles. The van der Waals surface area contributed by atoms with Gasteiger partial charge in [0.1, 0.15) is 5.82 Å². The number of rotatable bonds is 3. The van der Waals surface area contributed by atoms with Crippen LogP contribution in [-0.2, 0) is 7.05 Å². The summed E-state index contributed by atoms with van der Waals surface area (Å²) in [5.41, 5.74) is 7.89. The third-order valence-electron chi connectivity index (χ3n) is 3.85. The summed E-state index contributed by atoms with van der Waals surface area (Å²) in [6.07, 6.45) is 5.25. The molecule has 1 aromatic rings. The molecule has 0 bridgehead atoms. The van der Waals surface area contributed by atoms with Gasteiger partial charge in [0.05, 0.1) is 11.4 Å². The van der Waals surface area contributed by atoms with Crippen LogP contribution in [-0.4, -0.2) is 22.9 Å². The number of nitrogens with two attached hydrogens (primary N) is 1. The molecule has 1 fully saturated rings. The van der Waals surface area contributed by atoms with Crippen LogP contribution in [0.2, 0.25) is 0 Å². The summed E-state index contributed by atoms with van der Waals surface area (Å²) in [5.74, 6) is 2.02. The van der Waals surface area contributed by atoms with Gasteiger partial charge in [0, 0.05) is 20.1 Å². The number of piperidine rings is 1. The van der Waals surface area contributed by atoms with E-state index in [0.29, 0.717) is 0 Å². The molecule has 4 heteroatoms. The molecule has 0 amide bonds. The zero-order chi connectivity index (χ0) is 12.4. The normalized spacial score (nSPS) is 17.7. The van der Waals surface area contributed by atoms with Crippen LogP contribution in [0.25, 0.3) is 0 Å². The Balaban J connectivity index is 2.05. The van der Waals surface area contributed by atoms with E-state index in [2.05, 4.69) is 16.9 Å². The number of hydrogen-bond donors (Lipinski definition) is 1. The second-order valence-corrected chi connectivity index (χ2v) is 5.17. The van der Waals surface area contributed by atoms with Gasteiger partial charge in [0.25, 0.3) is 0 Å². The molecule has 4 nitrogen and oxygen atoms in total. The maximum atomic E-state index is 6.10. The van der Waals surface area contributed by atoms with Crippen LogP contribution >= 0.6 is 0 Å². The van der Waals surface area contributed by atoms with Crippen molar-refractivity contribution < 1.29 is 0 Å². The van der Waals surface area contributed by atoms with Gasteiger partial charge < -0.3 is 10.6 Å². The van der Waals surface area contributed by atoms with Crippen LogP contribution in [0.5, 0.6) is 0 Å². The topological polar surface area (TPSA) is 47.1 Å². The smallest absolute Gasteiger partial charge is 0.150 e. The first kappa shape index (κ1) is 12.3. The number of anilines is 2. The van der Waals surface area contributed by atoms with Crippen molar-refractivity contribution in [3.8, 4) is 0 Å². The maximum absolute atomic E-state index is 6.10. The van der Waals surface area contributed by atoms with Crippen LogP contribution in [0, 0.1) is 12.8 Å². The minimum absolute atomic E-state index is 0.849. The Morgan fingerprint density at radius 1 is 1.35 bits per heavy atom. The molecule has 0 unspecified atom stereocenters. The Bertz CT molecular complexity index is 375. The van der Waals surface area contributed by atoms with Gasteiger partial charge >= 0.3 is 0 Å². The lowest BCUT2D eigenvalue weighted by atomic mass is 9.92. The van der Waals surface area contributed by atoms with Gasteiger partial charge in [-0.3, -0.25) is 4.68 Å². The molecule has 0 aliphatic carbocycles. The molecule has 0 saturated carbocycles. The van der Waals surface area contributed by atoms with Gasteiger partial charge in [-0.25, -0.2) is 0 Å². The molecule has 2 N–H and O–H groups in total. The fraction of sp³-hybridized carbons (Fsp3) is 0.769.